The van der Waals surface area contributed by atoms with E-state index in [0.717, 1.165) is 33.9 Å². The smallest absolute Gasteiger partial charge is 0.416 e. The van der Waals surface area contributed by atoms with Gasteiger partial charge in [0.25, 0.3) is 0 Å². The summed E-state index contributed by atoms with van der Waals surface area (Å²) < 4.78 is 49.5. The third kappa shape index (κ3) is 10.7. The normalized spacial score (nSPS) is 13.7. The molecule has 0 saturated carbocycles. The fraction of sp³-hybridized carbons (Fsp3) is 0.333. The molecule has 302 valence electrons. The van der Waals surface area contributed by atoms with Crippen molar-refractivity contribution in [1.29, 1.82) is 0 Å². The number of hydrogen-bond donors (Lipinski definition) is 3. The van der Waals surface area contributed by atoms with Crippen molar-refractivity contribution in [2.45, 2.75) is 96.1 Å². The van der Waals surface area contributed by atoms with Crippen LogP contribution in [0.3, 0.4) is 0 Å². The van der Waals surface area contributed by atoms with Gasteiger partial charge in [-0.1, -0.05) is 64.1 Å². The highest BCUT2D eigenvalue weighted by molar-refractivity contribution is 7.10. The molecule has 0 amide bonds. The van der Waals surface area contributed by atoms with Crippen LogP contribution in [0.1, 0.15) is 126 Å². The lowest BCUT2D eigenvalue weighted by atomic mass is 9.91. The summed E-state index contributed by atoms with van der Waals surface area (Å²) in [5.41, 5.74) is 0.579. The number of halogens is 3. The lowest BCUT2D eigenvalue weighted by Crippen LogP contribution is -2.15. The third-order valence-electron chi connectivity index (χ3n) is 10.2. The zero-order valence-corrected chi connectivity index (χ0v) is 33.8. The third-order valence-corrected chi connectivity index (χ3v) is 12.2. The van der Waals surface area contributed by atoms with Gasteiger partial charge < -0.3 is 24.2 Å². The van der Waals surface area contributed by atoms with E-state index >= 15 is 0 Å². The van der Waals surface area contributed by atoms with Gasteiger partial charge in [-0.25, -0.2) is 9.59 Å². The van der Waals surface area contributed by atoms with Crippen LogP contribution in [0.2, 0.25) is 0 Å². The molecule has 4 heterocycles. The molecule has 4 aromatic heterocycles. The number of phenolic OH excluding ortho intramolecular Hbond substituents is 1. The molecule has 12 heteroatoms. The van der Waals surface area contributed by atoms with Crippen LogP contribution in [-0.2, 0) is 19.0 Å². The predicted octanol–water partition coefficient (Wildman–Crippen LogP) is 12.1. The molecule has 57 heavy (non-hydrogen) atoms. The average molecular weight is 821 g/mol. The van der Waals surface area contributed by atoms with Crippen molar-refractivity contribution >= 4 is 22.7 Å². The van der Waals surface area contributed by atoms with Crippen LogP contribution < -0.4 is 11.3 Å². The summed E-state index contributed by atoms with van der Waals surface area (Å²) in [7, 11) is 0. The van der Waals surface area contributed by atoms with Gasteiger partial charge in [0.1, 0.15) is 28.8 Å². The molecular formula is C45H47F3O7S2. The fourth-order valence-electron chi connectivity index (χ4n) is 7.06. The molecule has 0 aliphatic rings. The largest absolute Gasteiger partial charge is 0.508 e. The SMILES string of the molecule is CCC(Cc1ccc(C(F)(F)F)cc1)c1cc(O)c(C(CC)c2cccs2)c(=O)o1.CCC(Cc1ccc(O)cc1)c1cc(O)c(C(CC)c2cccs2)c(=O)o1. The average Bonchev–Trinajstić information content (AvgIpc) is 3.92. The summed E-state index contributed by atoms with van der Waals surface area (Å²) in [5.74, 6) is 0.290. The van der Waals surface area contributed by atoms with Gasteiger partial charge in [-0.2, -0.15) is 13.2 Å². The second kappa shape index (κ2) is 19.4. The van der Waals surface area contributed by atoms with Crippen LogP contribution in [0.5, 0.6) is 17.2 Å². The van der Waals surface area contributed by atoms with E-state index in [9.17, 15) is 38.1 Å². The Balaban J connectivity index is 0.000000219. The standard InChI is InChI=1S/C23H23F3O3S.C22H24O4S/c1-3-15(12-14-7-9-16(10-8-14)23(24,25)26)19-13-18(27)21(22(28)29-19)17(4-2)20-6-5-11-30-20;1-3-15(12-14-7-9-16(23)10-8-14)19-13-18(24)21(22(25)26-19)17(4-2)20-6-5-11-27-20/h5-11,13,15,17,27H,3-4,12H2,1-2H3;5-11,13,15,17,23-24H,3-4,12H2,1-2H3. The van der Waals surface area contributed by atoms with Crippen LogP contribution in [0.15, 0.2) is 114 Å². The first kappa shape index (κ1) is 43.1. The van der Waals surface area contributed by atoms with Gasteiger partial charge in [-0.15, -0.1) is 22.7 Å². The Morgan fingerprint density at radius 1 is 0.596 bits per heavy atom. The van der Waals surface area contributed by atoms with E-state index in [1.807, 2.05) is 74.9 Å². The van der Waals surface area contributed by atoms with Gasteiger partial charge in [-0.05, 0) is 96.8 Å². The molecular weight excluding hydrogens is 774 g/mol. The van der Waals surface area contributed by atoms with E-state index in [1.165, 1.54) is 29.5 Å². The number of rotatable bonds is 14. The number of alkyl halides is 3. The van der Waals surface area contributed by atoms with Crippen LogP contribution in [0.25, 0.3) is 0 Å². The highest BCUT2D eigenvalue weighted by atomic mass is 32.1. The Morgan fingerprint density at radius 3 is 1.32 bits per heavy atom. The van der Waals surface area contributed by atoms with E-state index in [-0.39, 0.29) is 46.5 Å². The van der Waals surface area contributed by atoms with Crippen molar-refractivity contribution in [2.24, 2.45) is 0 Å². The first-order chi connectivity index (χ1) is 27.3. The molecule has 6 rings (SSSR count). The van der Waals surface area contributed by atoms with E-state index in [0.29, 0.717) is 54.8 Å². The molecule has 0 fully saturated rings. The molecule has 0 bridgehead atoms. The van der Waals surface area contributed by atoms with Gasteiger partial charge in [0.05, 0.1) is 16.7 Å². The maximum Gasteiger partial charge on any atom is 0.416 e. The van der Waals surface area contributed by atoms with Crippen molar-refractivity contribution in [3.8, 4) is 17.2 Å². The van der Waals surface area contributed by atoms with Crippen molar-refractivity contribution < 1.29 is 37.3 Å². The zero-order valence-electron chi connectivity index (χ0n) is 32.2. The maximum absolute atomic E-state index is 12.8. The molecule has 7 nitrogen and oxygen atoms in total. The van der Waals surface area contributed by atoms with E-state index in [4.69, 9.17) is 8.83 Å². The molecule has 0 aliphatic carbocycles. The van der Waals surface area contributed by atoms with Gasteiger partial charge in [-0.3, -0.25) is 0 Å². The lowest BCUT2D eigenvalue weighted by Gasteiger charge is -2.18. The minimum absolute atomic E-state index is 0.00524. The second-order valence-corrected chi connectivity index (χ2v) is 15.9. The molecule has 0 spiro atoms. The summed E-state index contributed by atoms with van der Waals surface area (Å²) in [5, 5.41) is 34.6. The van der Waals surface area contributed by atoms with Crippen molar-refractivity contribution in [3.63, 3.8) is 0 Å². The number of aromatic hydroxyl groups is 3. The highest BCUT2D eigenvalue weighted by Gasteiger charge is 2.30. The molecule has 6 aromatic rings. The summed E-state index contributed by atoms with van der Waals surface area (Å²) in [6, 6.07) is 22.8. The molecule has 0 radical (unpaired) electrons. The second-order valence-electron chi connectivity index (χ2n) is 13.9. The van der Waals surface area contributed by atoms with Gasteiger partial charge in [0.2, 0.25) is 0 Å². The lowest BCUT2D eigenvalue weighted by molar-refractivity contribution is -0.137. The highest BCUT2D eigenvalue weighted by Crippen LogP contribution is 2.38. The van der Waals surface area contributed by atoms with Gasteiger partial charge in [0.15, 0.2) is 0 Å². The van der Waals surface area contributed by atoms with E-state index < -0.39 is 23.0 Å². The number of hydrogen-bond acceptors (Lipinski definition) is 9. The molecule has 0 saturated heterocycles. The Kier molecular flexibility index (Phi) is 14.6. The van der Waals surface area contributed by atoms with Crippen molar-refractivity contribution in [1.82, 2.24) is 0 Å². The molecule has 0 aliphatic heterocycles. The Hall–Kier alpha value is -5.07. The first-order valence-electron chi connectivity index (χ1n) is 19.0. The molecule has 4 atom stereocenters. The molecule has 4 unspecified atom stereocenters. The number of thiophene rings is 2. The Bertz CT molecular complexity index is 2280. The number of phenols is 1. The summed E-state index contributed by atoms with van der Waals surface area (Å²) in [4.78, 5) is 27.5. The van der Waals surface area contributed by atoms with E-state index in [2.05, 4.69) is 0 Å². The maximum atomic E-state index is 12.8. The molecule has 2 aromatic carbocycles. The fourth-order valence-corrected chi connectivity index (χ4v) is 8.90. The predicted molar refractivity (Wildman–Crippen MR) is 219 cm³/mol. The molecule has 3 N–H and O–H groups in total. The van der Waals surface area contributed by atoms with Crippen LogP contribution in [0.4, 0.5) is 13.2 Å². The monoisotopic (exact) mass is 820 g/mol. The minimum Gasteiger partial charge on any atom is -0.508 e. The van der Waals surface area contributed by atoms with Crippen molar-refractivity contribution in [2.75, 3.05) is 0 Å². The number of benzene rings is 2. The van der Waals surface area contributed by atoms with Crippen molar-refractivity contribution in [3.05, 3.63) is 166 Å². The first-order valence-corrected chi connectivity index (χ1v) is 20.8. The quantitative estimate of drug-likeness (QED) is 0.100. The topological polar surface area (TPSA) is 121 Å². The summed E-state index contributed by atoms with van der Waals surface area (Å²) in [6.45, 7) is 7.87. The zero-order chi connectivity index (χ0) is 41.3. The van der Waals surface area contributed by atoms with Gasteiger partial charge >= 0.3 is 17.4 Å². The van der Waals surface area contributed by atoms with Crippen LogP contribution in [-0.4, -0.2) is 15.3 Å². The van der Waals surface area contributed by atoms with E-state index in [1.54, 1.807) is 29.5 Å². The Morgan fingerprint density at radius 2 is 1.00 bits per heavy atom. The minimum atomic E-state index is -4.38. The van der Waals surface area contributed by atoms with Gasteiger partial charge in [0, 0.05) is 45.6 Å². The Labute approximate surface area is 337 Å². The van der Waals surface area contributed by atoms with Crippen LogP contribution in [0, 0.1) is 0 Å². The summed E-state index contributed by atoms with van der Waals surface area (Å²) in [6.07, 6.45) is -0.589. The van der Waals surface area contributed by atoms with Crippen LogP contribution >= 0.6 is 22.7 Å². The summed E-state index contributed by atoms with van der Waals surface area (Å²) >= 11 is 3.09.